The molecule has 0 aliphatic carbocycles. The summed E-state index contributed by atoms with van der Waals surface area (Å²) in [6.45, 7) is 2.48. The molecule has 18 heavy (non-hydrogen) atoms. The summed E-state index contributed by atoms with van der Waals surface area (Å²) in [6.07, 6.45) is 2.29. The number of carbonyl (C=O) groups is 2. The zero-order chi connectivity index (χ0) is 13.1. The summed E-state index contributed by atoms with van der Waals surface area (Å²) in [5, 5.41) is 11.9. The highest BCUT2D eigenvalue weighted by molar-refractivity contribution is 7.09. The van der Waals surface area contributed by atoms with E-state index < -0.39 is 12.0 Å². The van der Waals surface area contributed by atoms with E-state index in [1.807, 2.05) is 12.3 Å². The van der Waals surface area contributed by atoms with Gasteiger partial charge in [-0.1, -0.05) is 0 Å². The van der Waals surface area contributed by atoms with Crippen LogP contribution in [0.1, 0.15) is 30.0 Å². The van der Waals surface area contributed by atoms with Crippen molar-refractivity contribution in [1.29, 1.82) is 0 Å². The number of aromatic nitrogens is 1. The van der Waals surface area contributed by atoms with Crippen molar-refractivity contribution in [2.45, 2.75) is 38.6 Å². The molecule has 5 nitrogen and oxygen atoms in total. The second-order valence-corrected chi connectivity index (χ2v) is 5.41. The Labute approximate surface area is 109 Å². The molecule has 0 radical (unpaired) electrons. The number of hydrogen-bond acceptors (Lipinski definition) is 4. The summed E-state index contributed by atoms with van der Waals surface area (Å²) < 4.78 is 0. The molecule has 98 valence electrons. The van der Waals surface area contributed by atoms with Crippen molar-refractivity contribution in [2.24, 2.45) is 0 Å². The lowest BCUT2D eigenvalue weighted by molar-refractivity contribution is -0.148. The second kappa shape index (κ2) is 5.48. The average Bonchev–Trinajstić information content (AvgIpc) is 2.94. The molecular weight excluding hydrogens is 252 g/mol. The maximum Gasteiger partial charge on any atom is 0.326 e. The van der Waals surface area contributed by atoms with Crippen LogP contribution in [0.3, 0.4) is 0 Å². The van der Waals surface area contributed by atoms with Gasteiger partial charge in [0.1, 0.15) is 6.04 Å². The first-order chi connectivity index (χ1) is 8.58. The van der Waals surface area contributed by atoms with Gasteiger partial charge in [0.05, 0.1) is 5.01 Å². The van der Waals surface area contributed by atoms with E-state index in [-0.39, 0.29) is 5.91 Å². The molecule has 1 aliphatic rings. The molecule has 1 aliphatic heterocycles. The average molecular weight is 268 g/mol. The largest absolute Gasteiger partial charge is 0.480 e. The van der Waals surface area contributed by atoms with Gasteiger partial charge in [0.15, 0.2) is 0 Å². The molecule has 1 saturated heterocycles. The maximum atomic E-state index is 12.0. The number of likely N-dealkylation sites (tertiary alicyclic amines) is 1. The van der Waals surface area contributed by atoms with Gasteiger partial charge in [0.25, 0.3) is 0 Å². The van der Waals surface area contributed by atoms with Gasteiger partial charge < -0.3 is 10.0 Å². The first-order valence-electron chi connectivity index (χ1n) is 6.01. The molecule has 1 unspecified atom stereocenters. The topological polar surface area (TPSA) is 70.5 Å². The lowest BCUT2D eigenvalue weighted by atomic mass is 10.2. The van der Waals surface area contributed by atoms with Crippen LogP contribution >= 0.6 is 11.3 Å². The molecule has 1 amide bonds. The van der Waals surface area contributed by atoms with Crippen LogP contribution in [0, 0.1) is 6.92 Å². The Morgan fingerprint density at radius 3 is 3.00 bits per heavy atom. The molecule has 1 aromatic rings. The Morgan fingerprint density at radius 1 is 1.61 bits per heavy atom. The van der Waals surface area contributed by atoms with Crippen molar-refractivity contribution >= 4 is 23.2 Å². The van der Waals surface area contributed by atoms with Crippen LogP contribution in [0.5, 0.6) is 0 Å². The van der Waals surface area contributed by atoms with Crippen molar-refractivity contribution in [3.05, 3.63) is 16.1 Å². The molecule has 0 spiro atoms. The third kappa shape index (κ3) is 2.87. The lowest BCUT2D eigenvalue weighted by Gasteiger charge is -2.21. The van der Waals surface area contributed by atoms with Crippen LogP contribution < -0.4 is 0 Å². The van der Waals surface area contributed by atoms with Gasteiger partial charge in [-0.05, 0) is 19.8 Å². The quantitative estimate of drug-likeness (QED) is 0.897. The van der Waals surface area contributed by atoms with Crippen molar-refractivity contribution in [3.8, 4) is 0 Å². The van der Waals surface area contributed by atoms with E-state index >= 15 is 0 Å². The number of carboxylic acids is 1. The number of carboxylic acid groups (broad SMARTS) is 1. The third-order valence-electron chi connectivity index (χ3n) is 3.08. The Balaban J connectivity index is 1.89. The molecule has 1 atom stereocenters. The highest BCUT2D eigenvalue weighted by atomic mass is 32.1. The second-order valence-electron chi connectivity index (χ2n) is 4.47. The highest BCUT2D eigenvalue weighted by Gasteiger charge is 2.33. The number of amides is 1. The van der Waals surface area contributed by atoms with Crippen LogP contribution in [0.2, 0.25) is 0 Å². The standard InChI is InChI=1S/C12H16N2O3S/c1-8-7-18-10(13-8)4-5-11(15)14-6-2-3-9(14)12(16)17/h7,9H,2-6H2,1H3,(H,16,17). The van der Waals surface area contributed by atoms with Gasteiger partial charge in [-0.25, -0.2) is 9.78 Å². The summed E-state index contributed by atoms with van der Waals surface area (Å²) in [5.74, 6) is -0.973. The summed E-state index contributed by atoms with van der Waals surface area (Å²) >= 11 is 1.54. The van der Waals surface area contributed by atoms with Crippen LogP contribution in [-0.2, 0) is 16.0 Å². The minimum atomic E-state index is -0.897. The predicted molar refractivity (Wildman–Crippen MR) is 67.5 cm³/mol. The van der Waals surface area contributed by atoms with E-state index in [0.717, 1.165) is 17.1 Å². The number of aliphatic carboxylic acids is 1. The van der Waals surface area contributed by atoms with Crippen molar-refractivity contribution < 1.29 is 14.7 Å². The number of nitrogens with zero attached hydrogens (tertiary/aromatic N) is 2. The molecule has 0 aromatic carbocycles. The molecule has 1 N–H and O–H groups in total. The molecule has 0 saturated carbocycles. The lowest BCUT2D eigenvalue weighted by Crippen LogP contribution is -2.40. The fourth-order valence-electron chi connectivity index (χ4n) is 2.20. The van der Waals surface area contributed by atoms with E-state index in [1.54, 1.807) is 11.3 Å². The van der Waals surface area contributed by atoms with E-state index in [2.05, 4.69) is 4.98 Å². The molecule has 6 heteroatoms. The maximum absolute atomic E-state index is 12.0. The normalized spacial score (nSPS) is 19.2. The Kier molecular flexibility index (Phi) is 3.96. The summed E-state index contributed by atoms with van der Waals surface area (Å²) in [5.41, 5.74) is 0.965. The van der Waals surface area contributed by atoms with Crippen molar-refractivity contribution in [2.75, 3.05) is 6.54 Å². The Hall–Kier alpha value is -1.43. The first kappa shape index (κ1) is 13.0. The molecule has 1 fully saturated rings. The molecule has 2 heterocycles. The van der Waals surface area contributed by atoms with Gasteiger partial charge in [-0.2, -0.15) is 0 Å². The zero-order valence-corrected chi connectivity index (χ0v) is 11.1. The first-order valence-corrected chi connectivity index (χ1v) is 6.89. The minimum Gasteiger partial charge on any atom is -0.480 e. The summed E-state index contributed by atoms with van der Waals surface area (Å²) in [7, 11) is 0. The Bertz CT molecular complexity index is 458. The van der Waals surface area contributed by atoms with Gasteiger partial charge in [0, 0.05) is 30.5 Å². The molecular formula is C12H16N2O3S. The molecule has 1 aromatic heterocycles. The van der Waals surface area contributed by atoms with Crippen LogP contribution in [-0.4, -0.2) is 39.5 Å². The SMILES string of the molecule is Cc1csc(CCC(=O)N2CCCC2C(=O)O)n1. The van der Waals surface area contributed by atoms with E-state index in [9.17, 15) is 9.59 Å². The highest BCUT2D eigenvalue weighted by Crippen LogP contribution is 2.19. The third-order valence-corrected chi connectivity index (χ3v) is 4.10. The monoisotopic (exact) mass is 268 g/mol. The predicted octanol–water partition coefficient (Wildman–Crippen LogP) is 1.46. The Morgan fingerprint density at radius 2 is 2.39 bits per heavy atom. The molecule has 2 rings (SSSR count). The van der Waals surface area contributed by atoms with Crippen molar-refractivity contribution in [3.63, 3.8) is 0 Å². The zero-order valence-electron chi connectivity index (χ0n) is 10.3. The van der Waals surface area contributed by atoms with Crippen LogP contribution in [0.4, 0.5) is 0 Å². The van der Waals surface area contributed by atoms with Crippen molar-refractivity contribution in [1.82, 2.24) is 9.88 Å². The number of hydrogen-bond donors (Lipinski definition) is 1. The number of carbonyl (C=O) groups excluding carboxylic acids is 1. The van der Waals surface area contributed by atoms with Gasteiger partial charge >= 0.3 is 5.97 Å². The summed E-state index contributed by atoms with van der Waals surface area (Å²) in [6, 6.07) is -0.629. The number of aryl methyl sites for hydroxylation is 2. The van der Waals surface area contributed by atoms with Gasteiger partial charge in [-0.15, -0.1) is 11.3 Å². The smallest absolute Gasteiger partial charge is 0.326 e. The van der Waals surface area contributed by atoms with E-state index in [4.69, 9.17) is 5.11 Å². The number of rotatable bonds is 4. The van der Waals surface area contributed by atoms with Gasteiger partial charge in [0.2, 0.25) is 5.91 Å². The van der Waals surface area contributed by atoms with Gasteiger partial charge in [-0.3, -0.25) is 4.79 Å². The van der Waals surface area contributed by atoms with Crippen LogP contribution in [0.15, 0.2) is 5.38 Å². The van der Waals surface area contributed by atoms with E-state index in [0.29, 0.717) is 25.8 Å². The minimum absolute atomic E-state index is 0.0762. The molecule has 0 bridgehead atoms. The number of thiazole rings is 1. The fraction of sp³-hybridized carbons (Fsp3) is 0.583. The summed E-state index contributed by atoms with van der Waals surface area (Å²) in [4.78, 5) is 28.8. The fourth-order valence-corrected chi connectivity index (χ4v) is 2.97. The van der Waals surface area contributed by atoms with E-state index in [1.165, 1.54) is 4.90 Å². The van der Waals surface area contributed by atoms with Crippen LogP contribution in [0.25, 0.3) is 0 Å².